The Labute approximate surface area is 223 Å². The van der Waals surface area contributed by atoms with Crippen LogP contribution in [0.25, 0.3) is 11.1 Å². The van der Waals surface area contributed by atoms with E-state index >= 15 is 0 Å². The number of benzene rings is 2. The summed E-state index contributed by atoms with van der Waals surface area (Å²) in [6.07, 6.45) is 2.99. The first-order chi connectivity index (χ1) is 17.5. The van der Waals surface area contributed by atoms with E-state index in [4.69, 9.17) is 0 Å². The number of hydrogen-bond donors (Lipinski definition) is 1. The van der Waals surface area contributed by atoms with Crippen molar-refractivity contribution in [2.24, 2.45) is 5.41 Å². The van der Waals surface area contributed by atoms with Crippen molar-refractivity contribution >= 4 is 11.7 Å². The smallest absolute Gasteiger partial charge is 0.248 e. The van der Waals surface area contributed by atoms with Crippen molar-refractivity contribution in [1.29, 1.82) is 0 Å². The number of nitrogens with one attached hydrogen (secondary N) is 1. The van der Waals surface area contributed by atoms with E-state index in [1.165, 1.54) is 0 Å². The van der Waals surface area contributed by atoms with Gasteiger partial charge in [-0.2, -0.15) is 0 Å². The molecule has 1 atom stereocenters. The van der Waals surface area contributed by atoms with Crippen molar-refractivity contribution in [3.63, 3.8) is 0 Å². The SMILES string of the molecule is CCC(C)=C(C(=O)NCCCN(C)C)C(C1=C(C)CC(C)(C)CC1=O)c1ccc(-c2ccccc2)cc1. The van der Waals surface area contributed by atoms with Crippen molar-refractivity contribution in [3.05, 3.63) is 82.5 Å². The molecule has 198 valence electrons. The summed E-state index contributed by atoms with van der Waals surface area (Å²) in [4.78, 5) is 29.6. The van der Waals surface area contributed by atoms with Crippen LogP contribution in [-0.4, -0.2) is 43.8 Å². The summed E-state index contributed by atoms with van der Waals surface area (Å²) in [5.74, 6) is -0.275. The van der Waals surface area contributed by atoms with Gasteiger partial charge in [0.05, 0.1) is 0 Å². The van der Waals surface area contributed by atoms with Crippen molar-refractivity contribution < 1.29 is 9.59 Å². The van der Waals surface area contributed by atoms with E-state index < -0.39 is 0 Å². The lowest BCUT2D eigenvalue weighted by Crippen LogP contribution is -2.34. The van der Waals surface area contributed by atoms with Gasteiger partial charge in [-0.25, -0.2) is 0 Å². The topological polar surface area (TPSA) is 49.4 Å². The number of hydrogen-bond acceptors (Lipinski definition) is 3. The van der Waals surface area contributed by atoms with E-state index in [0.29, 0.717) is 13.0 Å². The number of amides is 1. The van der Waals surface area contributed by atoms with Crippen LogP contribution in [0, 0.1) is 5.41 Å². The average molecular weight is 501 g/mol. The zero-order valence-electron chi connectivity index (χ0n) is 23.8. The van der Waals surface area contributed by atoms with Crippen LogP contribution in [0.2, 0.25) is 0 Å². The summed E-state index contributed by atoms with van der Waals surface area (Å²) in [5, 5.41) is 3.17. The molecule has 1 aliphatic rings. The molecule has 0 fully saturated rings. The number of rotatable bonds is 10. The summed E-state index contributed by atoms with van der Waals surface area (Å²) in [6, 6.07) is 18.7. The molecule has 4 nitrogen and oxygen atoms in total. The molecular formula is C33H44N2O2. The zero-order chi connectivity index (χ0) is 27.2. The molecule has 0 spiro atoms. The van der Waals surface area contributed by atoms with Crippen LogP contribution in [0.1, 0.15) is 71.8 Å². The Bertz CT molecular complexity index is 1150. The summed E-state index contributed by atoms with van der Waals surface area (Å²) in [5.41, 5.74) is 6.85. The third-order valence-corrected chi connectivity index (χ3v) is 7.37. The minimum atomic E-state index is -0.373. The number of ketones is 1. The predicted molar refractivity (Wildman–Crippen MR) is 155 cm³/mol. The Kier molecular flexibility index (Phi) is 9.67. The fraction of sp³-hybridized carbons (Fsp3) is 0.455. The second kappa shape index (κ2) is 12.5. The van der Waals surface area contributed by atoms with Gasteiger partial charge in [-0.1, -0.05) is 86.5 Å². The largest absolute Gasteiger partial charge is 0.352 e. The van der Waals surface area contributed by atoms with Gasteiger partial charge in [0.1, 0.15) is 0 Å². The molecule has 0 aliphatic heterocycles. The predicted octanol–water partition coefficient (Wildman–Crippen LogP) is 6.94. The summed E-state index contributed by atoms with van der Waals surface area (Å²) >= 11 is 0. The van der Waals surface area contributed by atoms with Crippen LogP contribution in [0.5, 0.6) is 0 Å². The molecule has 1 unspecified atom stereocenters. The lowest BCUT2D eigenvalue weighted by atomic mass is 9.68. The molecule has 0 saturated heterocycles. The molecule has 4 heteroatoms. The monoisotopic (exact) mass is 500 g/mol. The summed E-state index contributed by atoms with van der Waals surface area (Å²) in [7, 11) is 4.07. The van der Waals surface area contributed by atoms with Gasteiger partial charge in [0.15, 0.2) is 5.78 Å². The van der Waals surface area contributed by atoms with Crippen LogP contribution >= 0.6 is 0 Å². The molecule has 3 rings (SSSR count). The van der Waals surface area contributed by atoms with E-state index in [1.807, 2.05) is 39.2 Å². The molecule has 0 radical (unpaired) electrons. The van der Waals surface area contributed by atoms with Crippen LogP contribution in [0.15, 0.2) is 76.9 Å². The highest BCUT2D eigenvalue weighted by molar-refractivity contribution is 6.04. The van der Waals surface area contributed by atoms with Crippen LogP contribution in [0.4, 0.5) is 0 Å². The molecular weight excluding hydrogens is 456 g/mol. The molecule has 1 aliphatic carbocycles. The molecule has 37 heavy (non-hydrogen) atoms. The molecule has 0 aromatic heterocycles. The maximum Gasteiger partial charge on any atom is 0.248 e. The summed E-state index contributed by atoms with van der Waals surface area (Å²) in [6.45, 7) is 12.0. The Morgan fingerprint density at radius 2 is 1.62 bits per heavy atom. The van der Waals surface area contributed by atoms with Gasteiger partial charge >= 0.3 is 0 Å². The van der Waals surface area contributed by atoms with Gasteiger partial charge in [-0.3, -0.25) is 9.59 Å². The Hall–Kier alpha value is -2.98. The Morgan fingerprint density at radius 1 is 1.00 bits per heavy atom. The fourth-order valence-electron chi connectivity index (χ4n) is 5.48. The van der Waals surface area contributed by atoms with E-state index in [0.717, 1.165) is 64.8 Å². The molecule has 1 N–H and O–H groups in total. The number of allylic oxidation sites excluding steroid dienone is 3. The van der Waals surface area contributed by atoms with Gasteiger partial charge in [0, 0.05) is 30.0 Å². The second-order valence-electron chi connectivity index (χ2n) is 11.5. The third kappa shape index (κ3) is 7.29. The molecule has 0 bridgehead atoms. The minimum Gasteiger partial charge on any atom is -0.352 e. The summed E-state index contributed by atoms with van der Waals surface area (Å²) < 4.78 is 0. The highest BCUT2D eigenvalue weighted by Crippen LogP contribution is 2.45. The van der Waals surface area contributed by atoms with Crippen molar-refractivity contribution in [1.82, 2.24) is 10.2 Å². The third-order valence-electron chi connectivity index (χ3n) is 7.37. The van der Waals surface area contributed by atoms with Crippen LogP contribution in [0.3, 0.4) is 0 Å². The Balaban J connectivity index is 2.09. The molecule has 1 amide bonds. The molecule has 2 aromatic rings. The van der Waals surface area contributed by atoms with Crippen LogP contribution < -0.4 is 5.32 Å². The first-order valence-electron chi connectivity index (χ1n) is 13.5. The lowest BCUT2D eigenvalue weighted by molar-refractivity contribution is -0.118. The number of Topliss-reactive ketones (excluding diaryl/α,β-unsaturated/α-hetero) is 1. The Morgan fingerprint density at radius 3 is 2.19 bits per heavy atom. The second-order valence-corrected chi connectivity index (χ2v) is 11.5. The van der Waals surface area contributed by atoms with E-state index in [-0.39, 0.29) is 23.0 Å². The number of carbonyl (C=O) groups is 2. The maximum absolute atomic E-state index is 13.8. The van der Waals surface area contributed by atoms with Crippen molar-refractivity contribution in [2.75, 3.05) is 27.2 Å². The molecule has 2 aromatic carbocycles. The molecule has 0 saturated carbocycles. The first-order valence-corrected chi connectivity index (χ1v) is 13.5. The first kappa shape index (κ1) is 28.6. The van der Waals surface area contributed by atoms with E-state index in [2.05, 4.69) is 74.3 Å². The van der Waals surface area contributed by atoms with Gasteiger partial charge in [-0.15, -0.1) is 0 Å². The average Bonchev–Trinajstić information content (AvgIpc) is 2.85. The van der Waals surface area contributed by atoms with Gasteiger partial charge in [-0.05, 0) is 75.9 Å². The zero-order valence-corrected chi connectivity index (χ0v) is 23.8. The number of nitrogens with zero attached hydrogens (tertiary/aromatic N) is 1. The van der Waals surface area contributed by atoms with E-state index in [9.17, 15) is 9.59 Å². The lowest BCUT2D eigenvalue weighted by Gasteiger charge is -2.35. The normalized spacial score (nSPS) is 17.0. The van der Waals surface area contributed by atoms with Crippen molar-refractivity contribution in [2.45, 2.75) is 66.2 Å². The maximum atomic E-state index is 13.8. The highest BCUT2D eigenvalue weighted by atomic mass is 16.1. The highest BCUT2D eigenvalue weighted by Gasteiger charge is 2.38. The quantitative estimate of drug-likeness (QED) is 0.284. The minimum absolute atomic E-state index is 0.0619. The van der Waals surface area contributed by atoms with Gasteiger partial charge in [0.2, 0.25) is 5.91 Å². The fourth-order valence-corrected chi connectivity index (χ4v) is 5.48. The van der Waals surface area contributed by atoms with Crippen molar-refractivity contribution in [3.8, 4) is 11.1 Å². The number of carbonyl (C=O) groups excluding carboxylic acids is 2. The van der Waals surface area contributed by atoms with E-state index in [1.54, 1.807) is 0 Å². The van der Waals surface area contributed by atoms with Crippen LogP contribution in [-0.2, 0) is 9.59 Å². The van der Waals surface area contributed by atoms with Gasteiger partial charge in [0.25, 0.3) is 0 Å². The van der Waals surface area contributed by atoms with Gasteiger partial charge < -0.3 is 10.2 Å². The standard InChI is InChI=1S/C33H44N2O2/c1-8-23(2)30(32(37)34-19-12-20-35(6)7)31(29-24(3)21-33(4,5)22-28(29)36)27-17-15-26(16-18-27)25-13-10-9-11-14-25/h9-11,13-18,31H,8,12,19-22H2,1-7H3,(H,34,37). The molecule has 0 heterocycles.